The highest BCUT2D eigenvalue weighted by Crippen LogP contribution is 2.38. The van der Waals surface area contributed by atoms with Crippen molar-refractivity contribution in [3.8, 4) is 0 Å². The van der Waals surface area contributed by atoms with E-state index in [4.69, 9.17) is 0 Å². The summed E-state index contributed by atoms with van der Waals surface area (Å²) in [5, 5.41) is 18.1. The third kappa shape index (κ3) is 4.84. The number of nitrogens with zero attached hydrogens (tertiary/aromatic N) is 2. The number of nitrogens with one attached hydrogen (secondary N) is 2. The average molecular weight is 473 g/mol. The molecule has 6 nitrogen and oxygen atoms in total. The Bertz CT molecular complexity index is 1200. The molecule has 1 amide bonds. The first kappa shape index (κ1) is 23.9. The Morgan fingerprint density at radius 1 is 1.18 bits per heavy atom. The summed E-state index contributed by atoms with van der Waals surface area (Å²) >= 11 is 0. The second-order valence-electron chi connectivity index (χ2n) is 8.87. The Balaban J connectivity index is 1.61. The van der Waals surface area contributed by atoms with Gasteiger partial charge in [0.1, 0.15) is 11.4 Å². The monoisotopic (exact) mass is 472 g/mol. The molecule has 1 aliphatic rings. The molecule has 1 saturated carbocycles. The molecule has 3 aromatic rings. The van der Waals surface area contributed by atoms with E-state index < -0.39 is 29.4 Å². The van der Waals surface area contributed by atoms with Crippen LogP contribution in [0, 0.1) is 5.82 Å². The summed E-state index contributed by atoms with van der Waals surface area (Å²) in [6.07, 6.45) is 2.41. The molecule has 0 saturated heterocycles. The molecule has 0 radical (unpaired) electrons. The first-order valence-corrected chi connectivity index (χ1v) is 11.3. The Labute approximate surface area is 195 Å². The largest absolute Gasteiger partial charge is 0.384 e. The Morgan fingerprint density at radius 2 is 1.88 bits per heavy atom. The summed E-state index contributed by atoms with van der Waals surface area (Å²) in [4.78, 5) is 20.1. The van der Waals surface area contributed by atoms with E-state index in [2.05, 4.69) is 20.6 Å². The molecule has 9 heteroatoms. The van der Waals surface area contributed by atoms with Gasteiger partial charge < -0.3 is 15.7 Å². The maximum absolute atomic E-state index is 14.7. The minimum atomic E-state index is -2.90. The minimum Gasteiger partial charge on any atom is -0.384 e. The highest BCUT2D eigenvalue weighted by Gasteiger charge is 2.36. The zero-order valence-corrected chi connectivity index (χ0v) is 19.0. The molecule has 1 fully saturated rings. The lowest BCUT2D eigenvalue weighted by Gasteiger charge is -2.35. The molecular formula is C25H27F3N4O2. The van der Waals surface area contributed by atoms with Crippen molar-refractivity contribution in [2.24, 2.45) is 0 Å². The quantitative estimate of drug-likeness (QED) is 0.462. The van der Waals surface area contributed by atoms with Crippen LogP contribution in [0.15, 0.2) is 42.7 Å². The summed E-state index contributed by atoms with van der Waals surface area (Å²) in [6.45, 7) is 3.17. The van der Waals surface area contributed by atoms with E-state index in [1.54, 1.807) is 31.5 Å². The summed E-state index contributed by atoms with van der Waals surface area (Å²) in [5.41, 5.74) is 0.0634. The lowest BCUT2D eigenvalue weighted by Crippen LogP contribution is -2.41. The molecule has 0 unspecified atom stereocenters. The van der Waals surface area contributed by atoms with Gasteiger partial charge in [-0.05, 0) is 44.7 Å². The van der Waals surface area contributed by atoms with Crippen molar-refractivity contribution in [1.82, 2.24) is 15.3 Å². The predicted octanol–water partition coefficient (Wildman–Crippen LogP) is 5.15. The fourth-order valence-corrected chi connectivity index (χ4v) is 4.59. The van der Waals surface area contributed by atoms with Gasteiger partial charge in [0.25, 0.3) is 6.43 Å². The Hall–Kier alpha value is -3.20. The van der Waals surface area contributed by atoms with Crippen LogP contribution in [0.3, 0.4) is 0 Å². The van der Waals surface area contributed by atoms with E-state index in [1.807, 2.05) is 0 Å². The maximum atomic E-state index is 14.7. The molecule has 180 valence electrons. The first-order chi connectivity index (χ1) is 16.2. The number of pyridine rings is 2. The number of hydrogen-bond acceptors (Lipinski definition) is 5. The Morgan fingerprint density at radius 3 is 2.56 bits per heavy atom. The van der Waals surface area contributed by atoms with Crippen LogP contribution in [0.2, 0.25) is 0 Å². The number of alkyl halides is 2. The standard InChI is InChI=1S/C25H27F3N4O2/c1-14(17-4-3-5-18(23(17)26)24(27)28)31-20-8-11-29-21-13-30-22(12-19(20)21)25(34)9-6-16(7-10-25)32-15(2)33/h3-5,8,11-14,16,24,34H,6-7,9-10H2,1-2H3,(H,29,31)(H,32,33)/t14-,16?,25?/m1/s1. The van der Waals surface area contributed by atoms with Crippen LogP contribution in [-0.2, 0) is 10.4 Å². The molecule has 1 aromatic carbocycles. The van der Waals surface area contributed by atoms with Crippen molar-refractivity contribution in [2.45, 2.75) is 63.6 Å². The average Bonchev–Trinajstić information content (AvgIpc) is 2.80. The zero-order chi connectivity index (χ0) is 24.5. The molecule has 34 heavy (non-hydrogen) atoms. The second kappa shape index (κ2) is 9.58. The van der Waals surface area contributed by atoms with Gasteiger partial charge in [0.2, 0.25) is 5.91 Å². The smallest absolute Gasteiger partial charge is 0.266 e. The molecule has 4 rings (SSSR count). The third-order valence-corrected chi connectivity index (χ3v) is 6.46. The fourth-order valence-electron chi connectivity index (χ4n) is 4.59. The molecular weight excluding hydrogens is 445 g/mol. The van der Waals surface area contributed by atoms with Crippen molar-refractivity contribution in [3.63, 3.8) is 0 Å². The number of halogens is 3. The molecule has 2 heterocycles. The summed E-state index contributed by atoms with van der Waals surface area (Å²) in [7, 11) is 0. The topological polar surface area (TPSA) is 87.1 Å². The fraction of sp³-hybridized carbons (Fsp3) is 0.400. The van der Waals surface area contributed by atoms with Crippen molar-refractivity contribution >= 4 is 22.5 Å². The number of hydrogen-bond donors (Lipinski definition) is 3. The SMILES string of the molecule is CC(=O)NC1CCC(O)(c2cc3c(N[C@H](C)c4cccc(C(F)F)c4F)ccnc3cn2)CC1. The maximum Gasteiger partial charge on any atom is 0.266 e. The number of carbonyl (C=O) groups is 1. The lowest BCUT2D eigenvalue weighted by atomic mass is 9.79. The van der Waals surface area contributed by atoms with Gasteiger partial charge in [-0.25, -0.2) is 13.2 Å². The number of fused-ring (bicyclic) bond motifs is 1. The molecule has 2 aromatic heterocycles. The first-order valence-electron chi connectivity index (χ1n) is 11.3. The van der Waals surface area contributed by atoms with Gasteiger partial charge in [-0.3, -0.25) is 14.8 Å². The Kier molecular flexibility index (Phi) is 6.74. The van der Waals surface area contributed by atoms with E-state index in [-0.39, 0.29) is 17.5 Å². The van der Waals surface area contributed by atoms with Crippen LogP contribution in [0.25, 0.3) is 10.9 Å². The molecule has 0 spiro atoms. The van der Waals surface area contributed by atoms with Crippen LogP contribution < -0.4 is 10.6 Å². The highest BCUT2D eigenvalue weighted by molar-refractivity contribution is 5.91. The third-order valence-electron chi connectivity index (χ3n) is 6.46. The van der Waals surface area contributed by atoms with Crippen LogP contribution in [0.1, 0.15) is 68.8 Å². The van der Waals surface area contributed by atoms with Gasteiger partial charge in [0, 0.05) is 35.8 Å². The number of carbonyl (C=O) groups excluding carboxylic acids is 1. The minimum absolute atomic E-state index is 0.0249. The van der Waals surface area contributed by atoms with Crippen molar-refractivity contribution < 1.29 is 23.1 Å². The number of benzene rings is 1. The van der Waals surface area contributed by atoms with Gasteiger partial charge in [-0.15, -0.1) is 0 Å². The van der Waals surface area contributed by atoms with Gasteiger partial charge in [0.05, 0.1) is 29.0 Å². The van der Waals surface area contributed by atoms with Crippen LogP contribution in [-0.4, -0.2) is 27.0 Å². The predicted molar refractivity (Wildman–Crippen MR) is 123 cm³/mol. The molecule has 1 atom stereocenters. The second-order valence-corrected chi connectivity index (χ2v) is 8.87. The van der Waals surface area contributed by atoms with Crippen molar-refractivity contribution in [2.75, 3.05) is 5.32 Å². The summed E-state index contributed by atoms with van der Waals surface area (Å²) in [6, 6.07) is 6.88. The van der Waals surface area contributed by atoms with E-state index in [1.165, 1.54) is 19.1 Å². The van der Waals surface area contributed by atoms with Gasteiger partial charge >= 0.3 is 0 Å². The number of aliphatic hydroxyl groups is 1. The number of anilines is 1. The van der Waals surface area contributed by atoms with Gasteiger partial charge in [-0.2, -0.15) is 0 Å². The number of aromatic nitrogens is 2. The van der Waals surface area contributed by atoms with Crippen molar-refractivity contribution in [3.05, 3.63) is 65.4 Å². The number of amides is 1. The molecule has 3 N–H and O–H groups in total. The zero-order valence-electron chi connectivity index (χ0n) is 19.0. The van der Waals surface area contributed by atoms with Crippen LogP contribution >= 0.6 is 0 Å². The van der Waals surface area contributed by atoms with Gasteiger partial charge in [-0.1, -0.05) is 18.2 Å². The molecule has 0 bridgehead atoms. The molecule has 1 aliphatic carbocycles. The number of rotatable bonds is 6. The van der Waals surface area contributed by atoms with E-state index >= 15 is 0 Å². The normalized spacial score (nSPS) is 21.4. The van der Waals surface area contributed by atoms with E-state index in [9.17, 15) is 23.1 Å². The lowest BCUT2D eigenvalue weighted by molar-refractivity contribution is -0.120. The summed E-state index contributed by atoms with van der Waals surface area (Å²) < 4.78 is 40.9. The van der Waals surface area contributed by atoms with E-state index in [0.29, 0.717) is 48.0 Å². The van der Waals surface area contributed by atoms with Crippen molar-refractivity contribution in [1.29, 1.82) is 0 Å². The molecule has 0 aliphatic heterocycles. The van der Waals surface area contributed by atoms with Crippen LogP contribution in [0.4, 0.5) is 18.9 Å². The summed E-state index contributed by atoms with van der Waals surface area (Å²) in [5.74, 6) is -1.02. The van der Waals surface area contributed by atoms with Crippen LogP contribution in [0.5, 0.6) is 0 Å². The van der Waals surface area contributed by atoms with E-state index in [0.717, 1.165) is 6.07 Å². The van der Waals surface area contributed by atoms with Gasteiger partial charge in [0.15, 0.2) is 0 Å². The highest BCUT2D eigenvalue weighted by atomic mass is 19.3.